The van der Waals surface area contributed by atoms with E-state index in [-0.39, 0.29) is 25.7 Å². The van der Waals surface area contributed by atoms with Gasteiger partial charge in [0.2, 0.25) is 0 Å². The van der Waals surface area contributed by atoms with Crippen molar-refractivity contribution in [2.45, 2.75) is 414 Å². The lowest BCUT2D eigenvalue weighted by Gasteiger charge is -2.21. The highest BCUT2D eigenvalue weighted by Gasteiger charge is 2.30. The summed E-state index contributed by atoms with van der Waals surface area (Å²) >= 11 is 0. The summed E-state index contributed by atoms with van der Waals surface area (Å²) in [4.78, 5) is 72.8. The van der Waals surface area contributed by atoms with Crippen molar-refractivity contribution in [3.63, 3.8) is 0 Å². The highest BCUT2D eigenvalue weighted by atomic mass is 31.2. The standard InChI is InChI=1S/C78H152O17P2/c1-9-71(8)57-49-41-32-26-21-23-27-33-42-50-58-75(80)88-64-73(94-77(82)60-52-44-34-28-19-17-15-13-11-10-12-14-16-18-24-30-38-46-54-68(2)3)66-92-96(84,85)90-62-72(79)63-91-97(86,87)93-67-74(65-89-76(81)59-51-43-37-36-40-48-56-70(6)7)95-78(83)61-53-45-35-29-22-20-25-31-39-47-55-69(4)5/h68-74,79H,9-67H2,1-8H3,(H,84,85)(H,86,87)/t71?,72-,73-,74-/m1/s1. The number of phosphoric acid groups is 2. The number of aliphatic hydroxyl groups is 1. The van der Waals surface area contributed by atoms with Crippen LogP contribution in [0.2, 0.25) is 0 Å². The molecular weight excluding hydrogens is 1270 g/mol. The molecule has 0 amide bonds. The van der Waals surface area contributed by atoms with Crippen LogP contribution in [0.4, 0.5) is 0 Å². The molecule has 0 spiro atoms. The first-order valence-corrected chi connectivity index (χ1v) is 43.2. The van der Waals surface area contributed by atoms with Gasteiger partial charge >= 0.3 is 39.5 Å². The molecule has 0 aromatic heterocycles. The van der Waals surface area contributed by atoms with E-state index in [4.69, 9.17) is 37.0 Å². The maximum absolute atomic E-state index is 13.1. The van der Waals surface area contributed by atoms with Crippen LogP contribution in [0, 0.1) is 23.7 Å². The molecule has 0 saturated heterocycles. The van der Waals surface area contributed by atoms with Crippen molar-refractivity contribution >= 4 is 39.5 Å². The lowest BCUT2D eigenvalue weighted by Crippen LogP contribution is -2.30. The van der Waals surface area contributed by atoms with Gasteiger partial charge in [0, 0.05) is 25.7 Å². The molecule has 17 nitrogen and oxygen atoms in total. The molecule has 3 N–H and O–H groups in total. The molecule has 0 heterocycles. The second kappa shape index (κ2) is 67.2. The number of aliphatic hydroxyl groups excluding tert-OH is 1. The Hall–Kier alpha value is -1.94. The molecule has 0 rings (SSSR count). The van der Waals surface area contributed by atoms with Gasteiger partial charge in [-0.3, -0.25) is 37.3 Å². The highest BCUT2D eigenvalue weighted by molar-refractivity contribution is 7.47. The zero-order chi connectivity index (χ0) is 71.7. The zero-order valence-electron chi connectivity index (χ0n) is 63.7. The Bertz CT molecular complexity index is 1900. The maximum atomic E-state index is 13.1. The largest absolute Gasteiger partial charge is 0.472 e. The van der Waals surface area contributed by atoms with E-state index >= 15 is 0 Å². The van der Waals surface area contributed by atoms with Gasteiger partial charge in [-0.2, -0.15) is 0 Å². The highest BCUT2D eigenvalue weighted by Crippen LogP contribution is 2.45. The van der Waals surface area contributed by atoms with Crippen LogP contribution in [-0.4, -0.2) is 96.7 Å². The summed E-state index contributed by atoms with van der Waals surface area (Å²) in [5, 5.41) is 10.6. The third-order valence-corrected chi connectivity index (χ3v) is 20.3. The Morgan fingerprint density at radius 1 is 0.289 bits per heavy atom. The Labute approximate surface area is 594 Å². The van der Waals surface area contributed by atoms with E-state index in [1.807, 2.05) is 0 Å². The molecular formula is C78H152O17P2. The number of hydrogen-bond donors (Lipinski definition) is 3. The van der Waals surface area contributed by atoms with Crippen molar-refractivity contribution in [1.29, 1.82) is 0 Å². The van der Waals surface area contributed by atoms with E-state index in [2.05, 4.69) is 55.4 Å². The average Bonchev–Trinajstić information content (AvgIpc) is 1.20. The molecule has 3 unspecified atom stereocenters. The van der Waals surface area contributed by atoms with Gasteiger partial charge in [-0.25, -0.2) is 9.13 Å². The number of carbonyl (C=O) groups excluding carboxylic acids is 4. The third-order valence-electron chi connectivity index (χ3n) is 18.4. The predicted octanol–water partition coefficient (Wildman–Crippen LogP) is 22.8. The first kappa shape index (κ1) is 95.1. The Morgan fingerprint density at radius 3 is 0.732 bits per heavy atom. The van der Waals surface area contributed by atoms with Crippen LogP contribution in [-0.2, 0) is 65.4 Å². The molecule has 97 heavy (non-hydrogen) atoms. The smallest absolute Gasteiger partial charge is 0.462 e. The van der Waals surface area contributed by atoms with E-state index in [0.29, 0.717) is 31.6 Å². The van der Waals surface area contributed by atoms with Gasteiger partial charge in [-0.05, 0) is 49.4 Å². The SMILES string of the molecule is CCC(C)CCCCCCCCCCCCC(=O)OC[C@H](COP(=O)(O)OC[C@@H](O)COP(=O)(O)OC[C@@H](COC(=O)CCCCCCCCC(C)C)OC(=O)CCCCCCCCCCCCC(C)C)OC(=O)CCCCCCCCCCCCCCCCCCCCC(C)C. The molecule has 0 bridgehead atoms. The van der Waals surface area contributed by atoms with Crippen molar-refractivity contribution in [1.82, 2.24) is 0 Å². The fourth-order valence-electron chi connectivity index (χ4n) is 11.9. The molecule has 0 aliphatic carbocycles. The van der Waals surface area contributed by atoms with Gasteiger partial charge in [0.1, 0.15) is 19.3 Å². The van der Waals surface area contributed by atoms with E-state index in [0.717, 1.165) is 114 Å². The number of esters is 4. The fraction of sp³-hybridized carbons (Fsp3) is 0.949. The number of ether oxygens (including phenoxy) is 4. The van der Waals surface area contributed by atoms with E-state index in [9.17, 15) is 43.2 Å². The van der Waals surface area contributed by atoms with Gasteiger partial charge < -0.3 is 33.8 Å². The first-order valence-electron chi connectivity index (χ1n) is 40.2. The fourth-order valence-corrected chi connectivity index (χ4v) is 13.5. The summed E-state index contributed by atoms with van der Waals surface area (Å²) in [6.45, 7) is 14.2. The van der Waals surface area contributed by atoms with Crippen molar-refractivity contribution < 1.29 is 80.2 Å². The van der Waals surface area contributed by atoms with Gasteiger partial charge in [-0.15, -0.1) is 0 Å². The van der Waals surface area contributed by atoms with E-state index < -0.39 is 97.5 Å². The third kappa shape index (κ3) is 70.9. The molecule has 576 valence electrons. The van der Waals surface area contributed by atoms with Crippen molar-refractivity contribution in [2.75, 3.05) is 39.6 Å². The second-order valence-corrected chi connectivity index (χ2v) is 32.7. The summed E-state index contributed by atoms with van der Waals surface area (Å²) in [7, 11) is -9.92. The topological polar surface area (TPSA) is 237 Å². The summed E-state index contributed by atoms with van der Waals surface area (Å²) in [5.41, 5.74) is 0. The number of hydrogen-bond acceptors (Lipinski definition) is 15. The molecule has 6 atom stereocenters. The first-order chi connectivity index (χ1) is 46.6. The number of phosphoric ester groups is 2. The second-order valence-electron chi connectivity index (χ2n) is 29.8. The summed E-state index contributed by atoms with van der Waals surface area (Å²) in [5.74, 6) is 0.940. The van der Waals surface area contributed by atoms with Crippen LogP contribution in [0.5, 0.6) is 0 Å². The molecule has 19 heteroatoms. The average molecular weight is 1420 g/mol. The van der Waals surface area contributed by atoms with Crippen LogP contribution >= 0.6 is 15.6 Å². The Morgan fingerprint density at radius 2 is 0.495 bits per heavy atom. The minimum absolute atomic E-state index is 0.105. The van der Waals surface area contributed by atoms with Gasteiger partial charge in [0.15, 0.2) is 12.2 Å². The lowest BCUT2D eigenvalue weighted by molar-refractivity contribution is -0.161. The summed E-state index contributed by atoms with van der Waals surface area (Å²) in [6, 6.07) is 0. The number of carbonyl (C=O) groups is 4. The Balaban J connectivity index is 5.21. The van der Waals surface area contributed by atoms with E-state index in [1.165, 1.54) is 193 Å². The van der Waals surface area contributed by atoms with Crippen LogP contribution in [0.3, 0.4) is 0 Å². The summed E-state index contributed by atoms with van der Waals surface area (Å²) in [6.07, 6.45) is 52.9. The van der Waals surface area contributed by atoms with Crippen molar-refractivity contribution in [3.05, 3.63) is 0 Å². The minimum Gasteiger partial charge on any atom is -0.462 e. The quantitative estimate of drug-likeness (QED) is 0.0222. The van der Waals surface area contributed by atoms with Crippen molar-refractivity contribution in [2.24, 2.45) is 23.7 Å². The maximum Gasteiger partial charge on any atom is 0.472 e. The number of rotatable bonds is 75. The predicted molar refractivity (Wildman–Crippen MR) is 395 cm³/mol. The zero-order valence-corrected chi connectivity index (χ0v) is 65.5. The molecule has 0 saturated carbocycles. The van der Waals surface area contributed by atoms with Crippen LogP contribution in [0.1, 0.15) is 396 Å². The van der Waals surface area contributed by atoms with Gasteiger partial charge in [0.05, 0.1) is 26.4 Å². The van der Waals surface area contributed by atoms with Gasteiger partial charge in [-0.1, -0.05) is 344 Å². The molecule has 0 aromatic rings. The van der Waals surface area contributed by atoms with E-state index in [1.54, 1.807) is 0 Å². The van der Waals surface area contributed by atoms with Crippen LogP contribution in [0.25, 0.3) is 0 Å². The normalized spacial score (nSPS) is 14.4. The van der Waals surface area contributed by atoms with Crippen LogP contribution in [0.15, 0.2) is 0 Å². The molecule has 0 aliphatic rings. The monoisotopic (exact) mass is 1420 g/mol. The lowest BCUT2D eigenvalue weighted by atomic mass is 9.99. The van der Waals surface area contributed by atoms with Crippen LogP contribution < -0.4 is 0 Å². The molecule has 0 aliphatic heterocycles. The molecule has 0 radical (unpaired) electrons. The number of unbranched alkanes of at least 4 members (excludes halogenated alkanes) is 40. The molecule has 0 fully saturated rings. The minimum atomic E-state index is -4.96. The van der Waals surface area contributed by atoms with Crippen molar-refractivity contribution in [3.8, 4) is 0 Å². The summed E-state index contributed by atoms with van der Waals surface area (Å²) < 4.78 is 68.5. The molecule has 0 aromatic carbocycles. The Kier molecular flexibility index (Phi) is 65.9. The van der Waals surface area contributed by atoms with Gasteiger partial charge in [0.25, 0.3) is 0 Å².